The standard InChI is InChI=1S/C10H11NO3.C9H8/c1-2-3-4-8-7-9(11(13)14)5-6-10(8)12;1-3-9-6-4-5-8(2)7-9/h3-7,12H,2H2,1H3;1,4-7H,2H3/b4-3-;. The number of non-ortho nitro benzene ring substituents is 1. The van der Waals surface area contributed by atoms with E-state index in [1.54, 1.807) is 6.08 Å². The highest BCUT2D eigenvalue weighted by Crippen LogP contribution is 2.24. The van der Waals surface area contributed by atoms with Crippen LogP contribution in [-0.4, -0.2) is 10.0 Å². The van der Waals surface area contributed by atoms with Gasteiger partial charge in [0.2, 0.25) is 0 Å². The molecule has 0 heterocycles. The molecule has 0 saturated carbocycles. The number of terminal acetylenes is 1. The van der Waals surface area contributed by atoms with Crippen molar-refractivity contribution in [3.05, 3.63) is 75.3 Å². The highest BCUT2D eigenvalue weighted by atomic mass is 16.6. The van der Waals surface area contributed by atoms with Crippen LogP contribution in [0.4, 0.5) is 5.69 Å². The Morgan fingerprint density at radius 3 is 2.57 bits per heavy atom. The fraction of sp³-hybridized carbons (Fsp3) is 0.158. The first-order valence-electron chi connectivity index (χ1n) is 7.15. The minimum absolute atomic E-state index is 0.0152. The lowest BCUT2D eigenvalue weighted by molar-refractivity contribution is -0.384. The Balaban J connectivity index is 0.000000253. The van der Waals surface area contributed by atoms with Crippen LogP contribution in [0.2, 0.25) is 0 Å². The van der Waals surface area contributed by atoms with E-state index in [1.807, 2.05) is 44.2 Å². The van der Waals surface area contributed by atoms with Crippen molar-refractivity contribution in [3.8, 4) is 18.1 Å². The van der Waals surface area contributed by atoms with Gasteiger partial charge in [0.15, 0.2) is 0 Å². The molecule has 0 aromatic heterocycles. The lowest BCUT2D eigenvalue weighted by Gasteiger charge is -1.98. The number of benzene rings is 2. The number of hydrogen-bond donors (Lipinski definition) is 1. The molecule has 4 heteroatoms. The average molecular weight is 309 g/mol. The van der Waals surface area contributed by atoms with Crippen LogP contribution >= 0.6 is 0 Å². The van der Waals surface area contributed by atoms with Gasteiger partial charge >= 0.3 is 0 Å². The lowest BCUT2D eigenvalue weighted by Crippen LogP contribution is -1.88. The minimum Gasteiger partial charge on any atom is -0.507 e. The zero-order chi connectivity index (χ0) is 17.2. The van der Waals surface area contributed by atoms with E-state index in [0.717, 1.165) is 12.0 Å². The second-order valence-electron chi connectivity index (χ2n) is 4.82. The zero-order valence-electron chi connectivity index (χ0n) is 13.2. The maximum absolute atomic E-state index is 10.4. The van der Waals surface area contributed by atoms with Gasteiger partial charge in [-0.1, -0.05) is 37.1 Å². The molecule has 0 aliphatic carbocycles. The van der Waals surface area contributed by atoms with Gasteiger partial charge in [-0.15, -0.1) is 6.42 Å². The van der Waals surface area contributed by atoms with Gasteiger partial charge in [-0.05, 0) is 37.1 Å². The molecular weight excluding hydrogens is 290 g/mol. The van der Waals surface area contributed by atoms with Crippen molar-refractivity contribution in [1.29, 1.82) is 0 Å². The summed E-state index contributed by atoms with van der Waals surface area (Å²) < 4.78 is 0. The van der Waals surface area contributed by atoms with E-state index in [2.05, 4.69) is 5.92 Å². The van der Waals surface area contributed by atoms with Gasteiger partial charge < -0.3 is 5.11 Å². The monoisotopic (exact) mass is 309 g/mol. The molecule has 2 aromatic carbocycles. The Bertz CT molecular complexity index is 743. The molecule has 2 aromatic rings. The SMILES string of the molecule is C#Cc1cccc(C)c1.CC/C=C\c1cc([N+](=O)[O-])ccc1O. The number of aryl methyl sites for hydroxylation is 1. The summed E-state index contributed by atoms with van der Waals surface area (Å²) in [6, 6.07) is 11.9. The number of hydrogen-bond acceptors (Lipinski definition) is 3. The molecule has 0 amide bonds. The van der Waals surface area contributed by atoms with E-state index in [4.69, 9.17) is 6.42 Å². The van der Waals surface area contributed by atoms with Crippen LogP contribution in [0.5, 0.6) is 5.75 Å². The molecule has 0 atom stereocenters. The molecule has 23 heavy (non-hydrogen) atoms. The summed E-state index contributed by atoms with van der Waals surface area (Å²) in [5, 5.41) is 19.8. The second-order valence-corrected chi connectivity index (χ2v) is 4.82. The van der Waals surface area contributed by atoms with Crippen LogP contribution in [0.25, 0.3) is 6.08 Å². The maximum Gasteiger partial charge on any atom is 0.270 e. The number of nitro benzene ring substituents is 1. The Morgan fingerprint density at radius 1 is 1.30 bits per heavy atom. The minimum atomic E-state index is -0.483. The topological polar surface area (TPSA) is 63.4 Å². The molecule has 0 aliphatic rings. The third kappa shape index (κ3) is 6.06. The first-order chi connectivity index (χ1) is 11.0. The van der Waals surface area contributed by atoms with E-state index in [9.17, 15) is 15.2 Å². The fourth-order valence-electron chi connectivity index (χ4n) is 1.77. The molecule has 4 nitrogen and oxygen atoms in total. The molecular formula is C19H19NO3. The number of allylic oxidation sites excluding steroid dienone is 1. The number of nitro groups is 1. The summed E-state index contributed by atoms with van der Waals surface area (Å²) in [4.78, 5) is 9.95. The van der Waals surface area contributed by atoms with Crippen LogP contribution in [0, 0.1) is 29.4 Å². The molecule has 0 spiro atoms. The summed E-state index contributed by atoms with van der Waals surface area (Å²) in [5.74, 6) is 2.62. The lowest BCUT2D eigenvalue weighted by atomic mass is 10.1. The molecule has 0 aliphatic heterocycles. The number of phenolic OH excluding ortho intramolecular Hbond substituents is 1. The molecule has 118 valence electrons. The number of aromatic hydroxyl groups is 1. The summed E-state index contributed by atoms with van der Waals surface area (Å²) in [5.41, 5.74) is 2.63. The maximum atomic E-state index is 10.4. The van der Waals surface area contributed by atoms with E-state index in [1.165, 1.54) is 23.8 Å². The Labute approximate surface area is 136 Å². The third-order valence-electron chi connectivity index (χ3n) is 2.94. The van der Waals surface area contributed by atoms with Crippen LogP contribution in [0.15, 0.2) is 48.5 Å². The highest BCUT2D eigenvalue weighted by molar-refractivity contribution is 5.60. The predicted octanol–water partition coefficient (Wildman–Crippen LogP) is 4.70. The van der Waals surface area contributed by atoms with Crippen LogP contribution < -0.4 is 0 Å². The molecule has 0 saturated heterocycles. The van der Waals surface area contributed by atoms with E-state index in [-0.39, 0.29) is 11.4 Å². The average Bonchev–Trinajstić information content (AvgIpc) is 2.54. The van der Waals surface area contributed by atoms with Gasteiger partial charge in [-0.25, -0.2) is 0 Å². The van der Waals surface area contributed by atoms with Crippen molar-refractivity contribution in [2.24, 2.45) is 0 Å². The smallest absolute Gasteiger partial charge is 0.270 e. The molecule has 2 rings (SSSR count). The second kappa shape index (κ2) is 9.06. The number of phenols is 1. The van der Waals surface area contributed by atoms with Gasteiger partial charge in [0.05, 0.1) is 4.92 Å². The van der Waals surface area contributed by atoms with E-state index < -0.39 is 4.92 Å². The summed E-state index contributed by atoms with van der Waals surface area (Å²) >= 11 is 0. The van der Waals surface area contributed by atoms with Gasteiger partial charge in [0.25, 0.3) is 5.69 Å². The van der Waals surface area contributed by atoms with Crippen LogP contribution in [0.1, 0.15) is 30.0 Å². The van der Waals surface area contributed by atoms with E-state index >= 15 is 0 Å². The normalized spacial score (nSPS) is 9.78. The summed E-state index contributed by atoms with van der Waals surface area (Å²) in [6.45, 7) is 3.98. The predicted molar refractivity (Wildman–Crippen MR) is 93.2 cm³/mol. The Morgan fingerprint density at radius 2 is 2.04 bits per heavy atom. The largest absolute Gasteiger partial charge is 0.507 e. The van der Waals surface area contributed by atoms with Crippen LogP contribution in [0.3, 0.4) is 0 Å². The first kappa shape index (κ1) is 18.0. The quantitative estimate of drug-likeness (QED) is 0.508. The molecule has 0 unspecified atom stereocenters. The number of nitrogens with zero attached hydrogens (tertiary/aromatic N) is 1. The third-order valence-corrected chi connectivity index (χ3v) is 2.94. The van der Waals surface area contributed by atoms with Crippen molar-refractivity contribution in [3.63, 3.8) is 0 Å². The Hall–Kier alpha value is -3.06. The van der Waals surface area contributed by atoms with Gasteiger partial charge in [-0.2, -0.15) is 0 Å². The van der Waals surface area contributed by atoms with Crippen molar-refractivity contribution in [1.82, 2.24) is 0 Å². The van der Waals surface area contributed by atoms with Crippen LogP contribution in [-0.2, 0) is 0 Å². The molecule has 0 fully saturated rings. The Kier molecular flexibility index (Phi) is 7.09. The fourth-order valence-corrected chi connectivity index (χ4v) is 1.77. The van der Waals surface area contributed by atoms with Crippen molar-refractivity contribution >= 4 is 11.8 Å². The summed E-state index contributed by atoms with van der Waals surface area (Å²) in [7, 11) is 0. The number of rotatable bonds is 3. The van der Waals surface area contributed by atoms with E-state index in [0.29, 0.717) is 5.56 Å². The van der Waals surface area contributed by atoms with Crippen molar-refractivity contribution < 1.29 is 10.0 Å². The summed E-state index contributed by atoms with van der Waals surface area (Å²) in [6.07, 6.45) is 9.49. The molecule has 1 N–H and O–H groups in total. The van der Waals surface area contributed by atoms with Crippen molar-refractivity contribution in [2.75, 3.05) is 0 Å². The van der Waals surface area contributed by atoms with Gasteiger partial charge in [0.1, 0.15) is 5.75 Å². The van der Waals surface area contributed by atoms with Gasteiger partial charge in [-0.3, -0.25) is 10.1 Å². The van der Waals surface area contributed by atoms with Crippen molar-refractivity contribution in [2.45, 2.75) is 20.3 Å². The zero-order valence-corrected chi connectivity index (χ0v) is 13.2. The van der Waals surface area contributed by atoms with Gasteiger partial charge in [0, 0.05) is 23.3 Å². The highest BCUT2D eigenvalue weighted by Gasteiger charge is 2.07. The first-order valence-corrected chi connectivity index (χ1v) is 7.15. The molecule has 0 radical (unpaired) electrons. The molecule has 0 bridgehead atoms.